The number of hydrogen-bond acceptors (Lipinski definition) is 12. The van der Waals surface area contributed by atoms with Crippen LogP contribution in [0.2, 0.25) is 0 Å². The molecule has 0 saturated heterocycles. The normalized spacial score (nSPS) is 10.9. The fraction of sp³-hybridized carbons (Fsp3) is 0.298. The highest BCUT2D eigenvalue weighted by Crippen LogP contribution is 2.21. The third kappa shape index (κ3) is 18.1. The van der Waals surface area contributed by atoms with Crippen LogP contribution < -0.4 is 19.1 Å². The summed E-state index contributed by atoms with van der Waals surface area (Å²) in [6, 6.07) is 27.0. The molecule has 0 heterocycles. The van der Waals surface area contributed by atoms with E-state index in [1.165, 1.54) is 6.08 Å². The van der Waals surface area contributed by atoms with E-state index < -0.39 is 11.9 Å². The number of carbonyl (C=O) groups excluding carboxylic acids is 3. The van der Waals surface area contributed by atoms with Gasteiger partial charge in [0.1, 0.15) is 23.9 Å². The number of ether oxygens (including phenoxy) is 5. The highest BCUT2D eigenvalue weighted by atomic mass is 17.2. The van der Waals surface area contributed by atoms with Crippen LogP contribution in [0.25, 0.3) is 0 Å². The molecule has 0 N–H and O–H groups in total. The summed E-state index contributed by atoms with van der Waals surface area (Å²) >= 11 is 0. The van der Waals surface area contributed by atoms with E-state index in [9.17, 15) is 14.4 Å². The van der Waals surface area contributed by atoms with Crippen molar-refractivity contribution in [1.29, 1.82) is 0 Å². The Morgan fingerprint density at radius 2 is 1.07 bits per heavy atom. The average Bonchev–Trinajstić information content (AvgIpc) is 3.26. The van der Waals surface area contributed by atoms with Crippen LogP contribution in [0.5, 0.6) is 23.0 Å². The Hall–Kier alpha value is -6.53. The highest BCUT2D eigenvalue weighted by molar-refractivity contribution is 5.91. The summed E-state index contributed by atoms with van der Waals surface area (Å²) in [4.78, 5) is 45.8. The molecule has 0 bridgehead atoms. The second-order valence-corrected chi connectivity index (χ2v) is 13.3. The molecule has 0 spiro atoms. The topological polar surface area (TPSA) is 141 Å². The van der Waals surface area contributed by atoms with Crippen LogP contribution in [0.1, 0.15) is 84.0 Å². The minimum absolute atomic E-state index is 0.269. The molecule has 12 heteroatoms. The van der Waals surface area contributed by atoms with E-state index in [0.717, 1.165) is 85.4 Å². The molecule has 4 rings (SSSR count). The third-order valence-corrected chi connectivity index (χ3v) is 8.59. The van der Waals surface area contributed by atoms with Crippen molar-refractivity contribution >= 4 is 30.3 Å². The van der Waals surface area contributed by atoms with Crippen molar-refractivity contribution in [3.05, 3.63) is 144 Å². The Morgan fingerprint density at radius 3 is 1.61 bits per heavy atom. The lowest BCUT2D eigenvalue weighted by Crippen LogP contribution is -2.08. The zero-order chi connectivity index (χ0) is 41.9. The van der Waals surface area contributed by atoms with Crippen LogP contribution in [0.15, 0.2) is 127 Å². The lowest BCUT2D eigenvalue weighted by molar-refractivity contribution is -0.217. The molecule has 0 saturated carbocycles. The maximum Gasteiger partial charge on any atom is 0.343 e. The molecule has 310 valence electrons. The predicted molar refractivity (Wildman–Crippen MR) is 226 cm³/mol. The number of rotatable bonds is 27. The van der Waals surface area contributed by atoms with Gasteiger partial charge in [0.25, 0.3) is 0 Å². The summed E-state index contributed by atoms with van der Waals surface area (Å²) < 4.78 is 27.0. The Labute approximate surface area is 346 Å². The van der Waals surface area contributed by atoms with E-state index in [4.69, 9.17) is 33.5 Å². The van der Waals surface area contributed by atoms with Crippen molar-refractivity contribution in [3.8, 4) is 23.0 Å². The van der Waals surface area contributed by atoms with Crippen LogP contribution in [0.4, 0.5) is 0 Å². The van der Waals surface area contributed by atoms with Crippen molar-refractivity contribution in [1.82, 2.24) is 0 Å². The fourth-order valence-electron chi connectivity index (χ4n) is 5.32. The van der Waals surface area contributed by atoms with Crippen molar-refractivity contribution < 1.29 is 47.8 Å². The Bertz CT molecular complexity index is 1970. The zero-order valence-corrected chi connectivity index (χ0v) is 33.6. The summed E-state index contributed by atoms with van der Waals surface area (Å²) in [5.41, 5.74) is 3.85. The third-order valence-electron chi connectivity index (χ3n) is 8.59. The first-order valence-corrected chi connectivity index (χ1v) is 19.6. The molecule has 0 aliphatic rings. The molecule has 12 nitrogen and oxygen atoms in total. The van der Waals surface area contributed by atoms with E-state index in [-0.39, 0.29) is 12.6 Å². The van der Waals surface area contributed by atoms with Crippen LogP contribution >= 0.6 is 0 Å². The van der Waals surface area contributed by atoms with Gasteiger partial charge < -0.3 is 28.6 Å². The minimum atomic E-state index is -0.475. The molecular formula is C47H52N2O10. The first-order chi connectivity index (χ1) is 28.8. The molecule has 0 unspecified atom stereocenters. The number of esters is 3. The molecule has 0 atom stereocenters. The van der Waals surface area contributed by atoms with Crippen molar-refractivity contribution in [2.75, 3.05) is 26.4 Å². The van der Waals surface area contributed by atoms with Crippen LogP contribution in [0.3, 0.4) is 0 Å². The lowest BCUT2D eigenvalue weighted by Gasteiger charge is -2.09. The smallest absolute Gasteiger partial charge is 0.343 e. The molecule has 4 aromatic carbocycles. The SMILES string of the molecule is C=CC(=O)OCCCCCCOc1ccc(COOc2ccc(C=NN=Cc3ccc(OC(=O)c4ccc(OCCCCCCOC(=O)C=C)cc4)cc3)cc2C)cc1. The van der Waals surface area contributed by atoms with Gasteiger partial charge in [0.2, 0.25) is 0 Å². The molecule has 0 aliphatic heterocycles. The van der Waals surface area contributed by atoms with E-state index in [1.54, 1.807) is 61.0 Å². The molecule has 0 radical (unpaired) electrons. The van der Waals surface area contributed by atoms with Gasteiger partial charge in [0.15, 0.2) is 5.75 Å². The second kappa shape index (κ2) is 26.4. The first-order valence-electron chi connectivity index (χ1n) is 19.6. The van der Waals surface area contributed by atoms with Gasteiger partial charge in [-0.15, -0.1) is 0 Å². The van der Waals surface area contributed by atoms with E-state index >= 15 is 0 Å². The largest absolute Gasteiger partial charge is 0.494 e. The van der Waals surface area contributed by atoms with Crippen molar-refractivity contribution in [2.45, 2.75) is 64.9 Å². The molecule has 59 heavy (non-hydrogen) atoms. The summed E-state index contributed by atoms with van der Waals surface area (Å²) in [5, 5.41) is 8.30. The zero-order valence-electron chi connectivity index (χ0n) is 33.6. The molecule has 0 amide bonds. The number of unbranched alkanes of at least 4 members (excludes halogenated alkanes) is 6. The Kier molecular flexibility index (Phi) is 20.2. The number of carbonyl (C=O) groups is 3. The number of hydrogen-bond donors (Lipinski definition) is 0. The van der Waals surface area contributed by atoms with Gasteiger partial charge in [0, 0.05) is 12.2 Å². The lowest BCUT2D eigenvalue weighted by atomic mass is 10.1. The van der Waals surface area contributed by atoms with Gasteiger partial charge >= 0.3 is 17.9 Å². The second-order valence-electron chi connectivity index (χ2n) is 13.3. The minimum Gasteiger partial charge on any atom is -0.494 e. The van der Waals surface area contributed by atoms with Gasteiger partial charge in [-0.1, -0.05) is 25.3 Å². The average molecular weight is 805 g/mol. The van der Waals surface area contributed by atoms with Gasteiger partial charge in [0.05, 0.1) is 44.4 Å². The van der Waals surface area contributed by atoms with Crippen LogP contribution in [-0.2, 0) is 30.6 Å². The summed E-state index contributed by atoms with van der Waals surface area (Å²) in [5.74, 6) is 1.20. The van der Waals surface area contributed by atoms with Crippen LogP contribution in [-0.4, -0.2) is 56.8 Å². The molecular weight excluding hydrogens is 753 g/mol. The quantitative estimate of drug-likeness (QED) is 0.0109. The monoisotopic (exact) mass is 804 g/mol. The maximum atomic E-state index is 12.7. The van der Waals surface area contributed by atoms with Gasteiger partial charge in [-0.3, -0.25) is 0 Å². The predicted octanol–water partition coefficient (Wildman–Crippen LogP) is 9.51. The van der Waals surface area contributed by atoms with Crippen molar-refractivity contribution in [2.24, 2.45) is 10.2 Å². The molecule has 0 aromatic heterocycles. The number of aryl methyl sites for hydroxylation is 1. The Balaban J connectivity index is 1.09. The Morgan fingerprint density at radius 1 is 0.576 bits per heavy atom. The molecule has 0 aliphatic carbocycles. The van der Waals surface area contributed by atoms with Gasteiger partial charge in [-0.2, -0.15) is 15.1 Å². The summed E-state index contributed by atoms with van der Waals surface area (Å²) in [7, 11) is 0. The molecule has 4 aromatic rings. The highest BCUT2D eigenvalue weighted by Gasteiger charge is 2.09. The van der Waals surface area contributed by atoms with Gasteiger partial charge in [-0.25, -0.2) is 14.4 Å². The number of nitrogens with zero attached hydrogens (tertiary/aromatic N) is 2. The van der Waals surface area contributed by atoms with E-state index in [2.05, 4.69) is 23.4 Å². The summed E-state index contributed by atoms with van der Waals surface area (Å²) in [6.45, 7) is 10.9. The molecule has 0 fully saturated rings. The maximum absolute atomic E-state index is 12.7. The standard InChI is InChI=1S/C47H52N2O10/c1-4-45(50)55-30-12-8-6-10-28-53-41-21-16-38(17-22-41)35-57-59-44-27-18-39(32-36(44)3)34-49-48-33-37-14-23-43(24-15-37)58-47(52)40-19-25-42(26-20-40)54-29-11-7-9-13-31-56-46(51)5-2/h4-5,14-27,32-34H,1-2,6-13,28-31,35H2,3H3. The van der Waals surface area contributed by atoms with Crippen molar-refractivity contribution in [3.63, 3.8) is 0 Å². The first kappa shape index (κ1) is 45.2. The summed E-state index contributed by atoms with van der Waals surface area (Å²) in [6.07, 6.45) is 12.8. The van der Waals surface area contributed by atoms with E-state index in [1.807, 2.05) is 49.4 Å². The van der Waals surface area contributed by atoms with E-state index in [0.29, 0.717) is 49.2 Å². The van der Waals surface area contributed by atoms with Crippen LogP contribution in [0, 0.1) is 6.92 Å². The fourth-order valence-corrected chi connectivity index (χ4v) is 5.32. The number of benzene rings is 4. The van der Waals surface area contributed by atoms with Gasteiger partial charge in [-0.05, 0) is 159 Å².